The van der Waals surface area contributed by atoms with Crippen LogP contribution in [0.25, 0.3) is 11.1 Å². The van der Waals surface area contributed by atoms with Gasteiger partial charge in [-0.25, -0.2) is 13.6 Å². The van der Waals surface area contributed by atoms with Crippen molar-refractivity contribution in [3.63, 3.8) is 0 Å². The number of sulfonamides is 1. The van der Waals surface area contributed by atoms with Gasteiger partial charge in [-0.1, -0.05) is 24.3 Å². The van der Waals surface area contributed by atoms with Crippen LogP contribution in [0.15, 0.2) is 53.4 Å². The van der Waals surface area contributed by atoms with E-state index in [1.54, 1.807) is 12.1 Å². The van der Waals surface area contributed by atoms with E-state index in [-0.39, 0.29) is 4.90 Å². The first-order valence-corrected chi connectivity index (χ1v) is 8.89. The van der Waals surface area contributed by atoms with Gasteiger partial charge in [-0.05, 0) is 65.8 Å². The monoisotopic (exact) mass is 324 g/mol. The Balaban J connectivity index is 2.00. The van der Waals surface area contributed by atoms with Gasteiger partial charge < -0.3 is 0 Å². The number of allylic oxidation sites excluding steroid dienone is 2. The molecule has 0 saturated heterocycles. The molecule has 0 aliphatic heterocycles. The van der Waals surface area contributed by atoms with Crippen LogP contribution < -0.4 is 5.14 Å². The van der Waals surface area contributed by atoms with Gasteiger partial charge in [-0.3, -0.25) is 0 Å². The fourth-order valence-electron chi connectivity index (χ4n) is 2.97. The molecular weight excluding hydrogens is 308 g/mol. The molecule has 4 nitrogen and oxygen atoms in total. The van der Waals surface area contributed by atoms with Gasteiger partial charge in [-0.15, -0.1) is 0 Å². The zero-order chi connectivity index (χ0) is 16.4. The van der Waals surface area contributed by atoms with Crippen LogP contribution in [0.2, 0.25) is 0 Å². The predicted octanol–water partition coefficient (Wildman–Crippen LogP) is 3.30. The van der Waals surface area contributed by atoms with Crippen molar-refractivity contribution in [2.45, 2.75) is 24.2 Å². The van der Waals surface area contributed by atoms with E-state index >= 15 is 0 Å². The third-order valence-electron chi connectivity index (χ3n) is 4.11. The molecule has 2 aromatic carbocycles. The van der Waals surface area contributed by atoms with Crippen LogP contribution in [0, 0.1) is 11.3 Å². The summed E-state index contributed by atoms with van der Waals surface area (Å²) in [5.41, 5.74) is 5.28. The minimum atomic E-state index is -3.66. The molecule has 0 heterocycles. The second-order valence-corrected chi connectivity index (χ2v) is 7.13. The predicted molar refractivity (Wildman–Crippen MR) is 89.6 cm³/mol. The summed E-state index contributed by atoms with van der Waals surface area (Å²) in [4.78, 5) is 0.125. The van der Waals surface area contributed by atoms with Crippen LogP contribution in [0.5, 0.6) is 0 Å². The van der Waals surface area contributed by atoms with Gasteiger partial charge in [0.25, 0.3) is 0 Å². The van der Waals surface area contributed by atoms with Crippen LogP contribution in [-0.4, -0.2) is 8.42 Å². The number of benzene rings is 2. The Bertz CT molecular complexity index is 903. The third kappa shape index (κ3) is 3.19. The number of hydrogen-bond donors (Lipinski definition) is 1. The third-order valence-corrected chi connectivity index (χ3v) is 5.04. The summed E-state index contributed by atoms with van der Waals surface area (Å²) < 4.78 is 22.7. The number of nitrogens with two attached hydrogens (primary N) is 1. The maximum Gasteiger partial charge on any atom is 0.238 e. The Morgan fingerprint density at radius 2 is 1.35 bits per heavy atom. The number of primary sulfonamides is 1. The maximum atomic E-state index is 11.4. The largest absolute Gasteiger partial charge is 0.238 e. The highest BCUT2D eigenvalue weighted by atomic mass is 32.2. The highest BCUT2D eigenvalue weighted by molar-refractivity contribution is 7.89. The minimum Gasteiger partial charge on any atom is -0.225 e. The highest BCUT2D eigenvalue weighted by Gasteiger charge is 2.18. The topological polar surface area (TPSA) is 83.9 Å². The summed E-state index contributed by atoms with van der Waals surface area (Å²) in [5, 5.41) is 14.0. The molecule has 0 radical (unpaired) electrons. The van der Waals surface area contributed by atoms with Crippen LogP contribution in [0.4, 0.5) is 0 Å². The molecule has 0 bridgehead atoms. The van der Waals surface area contributed by atoms with Crippen molar-refractivity contribution in [3.8, 4) is 6.07 Å². The number of hydrogen-bond acceptors (Lipinski definition) is 3. The van der Waals surface area contributed by atoms with E-state index in [2.05, 4.69) is 6.07 Å². The fourth-order valence-corrected chi connectivity index (χ4v) is 3.49. The van der Waals surface area contributed by atoms with E-state index < -0.39 is 10.0 Å². The summed E-state index contributed by atoms with van der Waals surface area (Å²) >= 11 is 0. The van der Waals surface area contributed by atoms with Crippen molar-refractivity contribution in [2.24, 2.45) is 5.14 Å². The van der Waals surface area contributed by atoms with Crippen LogP contribution in [0.3, 0.4) is 0 Å². The highest BCUT2D eigenvalue weighted by Crippen LogP contribution is 2.39. The van der Waals surface area contributed by atoms with E-state index in [0.29, 0.717) is 5.56 Å². The molecule has 116 valence electrons. The van der Waals surface area contributed by atoms with Gasteiger partial charge in [0.15, 0.2) is 0 Å². The van der Waals surface area contributed by atoms with Crippen molar-refractivity contribution >= 4 is 21.2 Å². The summed E-state index contributed by atoms with van der Waals surface area (Å²) in [6.07, 6.45) is 3.02. The minimum absolute atomic E-state index is 0.125. The van der Waals surface area contributed by atoms with E-state index in [4.69, 9.17) is 10.4 Å². The molecular formula is C18H16N2O2S. The lowest BCUT2D eigenvalue weighted by molar-refractivity contribution is 0.598. The molecule has 0 amide bonds. The lowest BCUT2D eigenvalue weighted by atomic mass is 9.96. The summed E-state index contributed by atoms with van der Waals surface area (Å²) in [6, 6.07) is 16.4. The van der Waals surface area contributed by atoms with Crippen LogP contribution in [-0.2, 0) is 10.0 Å². The average Bonchev–Trinajstić information content (AvgIpc) is 3.04. The van der Waals surface area contributed by atoms with Gasteiger partial charge in [0, 0.05) is 0 Å². The second kappa shape index (κ2) is 5.99. The first-order valence-electron chi connectivity index (χ1n) is 7.35. The first-order chi connectivity index (χ1) is 11.0. The Hall–Kier alpha value is -2.42. The van der Waals surface area contributed by atoms with Crippen molar-refractivity contribution in [1.82, 2.24) is 0 Å². The van der Waals surface area contributed by atoms with Gasteiger partial charge >= 0.3 is 0 Å². The smallest absolute Gasteiger partial charge is 0.225 e. The molecule has 0 saturated carbocycles. The van der Waals surface area contributed by atoms with E-state index in [9.17, 15) is 8.42 Å². The van der Waals surface area contributed by atoms with Crippen LogP contribution >= 0.6 is 0 Å². The molecule has 0 unspecified atom stereocenters. The van der Waals surface area contributed by atoms with E-state index in [1.165, 1.54) is 11.1 Å². The molecule has 1 aliphatic carbocycles. The maximum absolute atomic E-state index is 11.4. The van der Waals surface area contributed by atoms with Gasteiger partial charge in [0.05, 0.1) is 16.5 Å². The molecule has 0 fully saturated rings. The molecule has 1 aliphatic rings. The molecule has 0 aromatic heterocycles. The standard InChI is InChI=1S/C18H16N2O2S/c19-12-13-4-6-14(7-5-13)17-2-1-3-18(17)15-8-10-16(11-9-15)23(20,21)22/h4-11H,1-3H2,(H2,20,21,22). The van der Waals surface area contributed by atoms with E-state index in [0.717, 1.165) is 30.4 Å². The van der Waals surface area contributed by atoms with Gasteiger partial charge in [0.2, 0.25) is 10.0 Å². The Morgan fingerprint density at radius 3 is 1.78 bits per heavy atom. The zero-order valence-corrected chi connectivity index (χ0v) is 13.3. The van der Waals surface area contributed by atoms with Crippen molar-refractivity contribution in [2.75, 3.05) is 0 Å². The number of nitrogens with zero attached hydrogens (tertiary/aromatic N) is 1. The fraction of sp³-hybridized carbons (Fsp3) is 0.167. The molecule has 2 aromatic rings. The SMILES string of the molecule is N#Cc1ccc(C2=C(c3ccc(S(N)(=O)=O)cc3)CCC2)cc1. The summed E-state index contributed by atoms with van der Waals surface area (Å²) in [5.74, 6) is 0. The average molecular weight is 324 g/mol. The summed E-state index contributed by atoms with van der Waals surface area (Å²) in [7, 11) is -3.66. The van der Waals surface area contributed by atoms with Crippen LogP contribution in [0.1, 0.15) is 36.0 Å². The summed E-state index contributed by atoms with van der Waals surface area (Å²) in [6.45, 7) is 0. The normalized spacial score (nSPS) is 14.8. The molecule has 23 heavy (non-hydrogen) atoms. The van der Waals surface area contributed by atoms with Crippen molar-refractivity contribution in [3.05, 3.63) is 65.2 Å². The van der Waals surface area contributed by atoms with E-state index in [1.807, 2.05) is 36.4 Å². The molecule has 5 heteroatoms. The first kappa shape index (κ1) is 15.5. The van der Waals surface area contributed by atoms with Gasteiger partial charge in [0.1, 0.15) is 0 Å². The second-order valence-electron chi connectivity index (χ2n) is 5.57. The Labute approximate surface area is 135 Å². The van der Waals surface area contributed by atoms with Crippen molar-refractivity contribution < 1.29 is 8.42 Å². The molecule has 2 N–H and O–H groups in total. The lowest BCUT2D eigenvalue weighted by Crippen LogP contribution is -2.11. The molecule has 3 rings (SSSR count). The molecule has 0 atom stereocenters. The lowest BCUT2D eigenvalue weighted by Gasteiger charge is -2.09. The quantitative estimate of drug-likeness (QED) is 0.940. The number of nitriles is 1. The van der Waals surface area contributed by atoms with Crippen molar-refractivity contribution in [1.29, 1.82) is 5.26 Å². The number of rotatable bonds is 3. The molecule has 0 spiro atoms. The zero-order valence-electron chi connectivity index (χ0n) is 12.5. The Kier molecular flexibility index (Phi) is 4.03. The Morgan fingerprint density at radius 1 is 0.870 bits per heavy atom. The van der Waals surface area contributed by atoms with Gasteiger partial charge in [-0.2, -0.15) is 5.26 Å².